The summed E-state index contributed by atoms with van der Waals surface area (Å²) in [5, 5.41) is 3.35. The van der Waals surface area contributed by atoms with Crippen LogP contribution in [-0.2, 0) is 6.54 Å². The monoisotopic (exact) mass is 336 g/mol. The molecule has 0 radical (unpaired) electrons. The number of likely N-dealkylation sites (tertiary alicyclic amines) is 1. The summed E-state index contributed by atoms with van der Waals surface area (Å²) in [7, 11) is 0. The Morgan fingerprint density at radius 1 is 1.08 bits per heavy atom. The molecule has 0 N–H and O–H groups in total. The standard InChI is InChI=1S/C19H20N4S/c1-2-5-16(6-3-1)18-21-11-15(12-22-18)13-23-9-4-7-17(14-23)19-20-8-10-24-19/h1-3,5-6,8,10-12,17H,4,7,9,13-14H2/t17-/m0/s1. The van der Waals surface area contributed by atoms with Gasteiger partial charge in [-0.2, -0.15) is 0 Å². The van der Waals surface area contributed by atoms with E-state index < -0.39 is 0 Å². The van der Waals surface area contributed by atoms with E-state index in [1.807, 2.05) is 48.9 Å². The molecule has 0 unspecified atom stereocenters. The van der Waals surface area contributed by atoms with Gasteiger partial charge >= 0.3 is 0 Å². The van der Waals surface area contributed by atoms with Gasteiger partial charge in [0.2, 0.25) is 0 Å². The number of aromatic nitrogens is 3. The van der Waals surface area contributed by atoms with Gasteiger partial charge in [-0.3, -0.25) is 4.90 Å². The minimum absolute atomic E-state index is 0.572. The lowest BCUT2D eigenvalue weighted by Crippen LogP contribution is -2.33. The number of hydrogen-bond donors (Lipinski definition) is 0. The molecular formula is C19H20N4S. The molecule has 1 fully saturated rings. The second-order valence-corrected chi connectivity index (χ2v) is 7.15. The average molecular weight is 336 g/mol. The predicted molar refractivity (Wildman–Crippen MR) is 96.8 cm³/mol. The Bertz CT molecular complexity index is 756. The van der Waals surface area contributed by atoms with E-state index in [0.717, 1.165) is 31.0 Å². The van der Waals surface area contributed by atoms with E-state index in [-0.39, 0.29) is 0 Å². The zero-order chi connectivity index (χ0) is 16.2. The highest BCUT2D eigenvalue weighted by atomic mass is 32.1. The zero-order valence-electron chi connectivity index (χ0n) is 13.5. The molecule has 122 valence electrons. The van der Waals surface area contributed by atoms with Crippen LogP contribution in [0.1, 0.15) is 29.3 Å². The van der Waals surface area contributed by atoms with Gasteiger partial charge in [0.25, 0.3) is 0 Å². The van der Waals surface area contributed by atoms with Crippen molar-refractivity contribution in [3.8, 4) is 11.4 Å². The smallest absolute Gasteiger partial charge is 0.159 e. The first-order valence-electron chi connectivity index (χ1n) is 8.36. The number of benzene rings is 1. The van der Waals surface area contributed by atoms with Crippen molar-refractivity contribution in [1.29, 1.82) is 0 Å². The van der Waals surface area contributed by atoms with Crippen LogP contribution in [0.5, 0.6) is 0 Å². The Hall–Kier alpha value is -2.11. The Morgan fingerprint density at radius 2 is 1.92 bits per heavy atom. The lowest BCUT2D eigenvalue weighted by Gasteiger charge is -2.31. The lowest BCUT2D eigenvalue weighted by atomic mass is 9.98. The van der Waals surface area contributed by atoms with Crippen LogP contribution < -0.4 is 0 Å². The molecule has 4 nitrogen and oxygen atoms in total. The van der Waals surface area contributed by atoms with Gasteiger partial charge in [0, 0.05) is 54.1 Å². The average Bonchev–Trinajstić information content (AvgIpc) is 3.18. The molecule has 0 amide bonds. The SMILES string of the molecule is c1ccc(-c2ncc(CN3CCC[C@H](c4nccs4)C3)cn2)cc1. The van der Waals surface area contributed by atoms with Crippen LogP contribution in [0.3, 0.4) is 0 Å². The van der Waals surface area contributed by atoms with Gasteiger partial charge in [0.15, 0.2) is 5.82 Å². The Morgan fingerprint density at radius 3 is 2.67 bits per heavy atom. The van der Waals surface area contributed by atoms with Crippen LogP contribution in [0, 0.1) is 0 Å². The van der Waals surface area contributed by atoms with Gasteiger partial charge in [-0.05, 0) is 19.4 Å². The fourth-order valence-corrected chi connectivity index (χ4v) is 4.04. The summed E-state index contributed by atoms with van der Waals surface area (Å²) < 4.78 is 0. The summed E-state index contributed by atoms with van der Waals surface area (Å²) in [5.74, 6) is 1.36. The molecule has 0 aliphatic carbocycles. The van der Waals surface area contributed by atoms with Gasteiger partial charge in [-0.1, -0.05) is 30.3 Å². The molecule has 0 spiro atoms. The molecule has 0 bridgehead atoms. The van der Waals surface area contributed by atoms with Crippen molar-refractivity contribution in [1.82, 2.24) is 19.9 Å². The summed E-state index contributed by atoms with van der Waals surface area (Å²) in [5.41, 5.74) is 2.24. The summed E-state index contributed by atoms with van der Waals surface area (Å²) in [6.45, 7) is 3.13. The van der Waals surface area contributed by atoms with Crippen LogP contribution in [0.2, 0.25) is 0 Å². The second-order valence-electron chi connectivity index (χ2n) is 6.23. The fraction of sp³-hybridized carbons (Fsp3) is 0.316. The summed E-state index contributed by atoms with van der Waals surface area (Å²) in [4.78, 5) is 16.1. The maximum atomic E-state index is 4.54. The summed E-state index contributed by atoms with van der Waals surface area (Å²) in [6.07, 6.45) is 8.31. The minimum atomic E-state index is 0.572. The maximum Gasteiger partial charge on any atom is 0.159 e. The normalized spacial score (nSPS) is 18.6. The van der Waals surface area contributed by atoms with Crippen LogP contribution >= 0.6 is 11.3 Å². The van der Waals surface area contributed by atoms with E-state index in [2.05, 4.69) is 25.2 Å². The Kier molecular flexibility index (Phi) is 4.62. The van der Waals surface area contributed by atoms with Gasteiger partial charge < -0.3 is 0 Å². The molecular weight excluding hydrogens is 316 g/mol. The highest BCUT2D eigenvalue weighted by Gasteiger charge is 2.23. The topological polar surface area (TPSA) is 41.9 Å². The highest BCUT2D eigenvalue weighted by Crippen LogP contribution is 2.28. The van der Waals surface area contributed by atoms with Gasteiger partial charge in [0.05, 0.1) is 5.01 Å². The number of nitrogens with zero attached hydrogens (tertiary/aromatic N) is 4. The number of hydrogen-bond acceptors (Lipinski definition) is 5. The van der Waals surface area contributed by atoms with Crippen LogP contribution in [0.4, 0.5) is 0 Å². The van der Waals surface area contributed by atoms with Crippen molar-refractivity contribution in [2.24, 2.45) is 0 Å². The van der Waals surface area contributed by atoms with E-state index >= 15 is 0 Å². The van der Waals surface area contributed by atoms with E-state index in [1.54, 1.807) is 11.3 Å². The number of rotatable bonds is 4. The summed E-state index contributed by atoms with van der Waals surface area (Å²) >= 11 is 1.77. The first-order valence-corrected chi connectivity index (χ1v) is 9.24. The molecule has 1 saturated heterocycles. The molecule has 4 rings (SSSR count). The van der Waals surface area contributed by atoms with Crippen molar-refractivity contribution in [2.45, 2.75) is 25.3 Å². The molecule has 5 heteroatoms. The first kappa shape index (κ1) is 15.4. The minimum Gasteiger partial charge on any atom is -0.298 e. The number of thiazole rings is 1. The van der Waals surface area contributed by atoms with Crippen molar-refractivity contribution < 1.29 is 0 Å². The van der Waals surface area contributed by atoms with Crippen molar-refractivity contribution >= 4 is 11.3 Å². The van der Waals surface area contributed by atoms with Gasteiger partial charge in [-0.15, -0.1) is 11.3 Å². The van der Waals surface area contributed by atoms with Crippen LogP contribution in [-0.4, -0.2) is 32.9 Å². The van der Waals surface area contributed by atoms with E-state index in [0.29, 0.717) is 5.92 Å². The van der Waals surface area contributed by atoms with Crippen molar-refractivity contribution in [3.63, 3.8) is 0 Å². The molecule has 1 aliphatic heterocycles. The third-order valence-electron chi connectivity index (χ3n) is 4.45. The highest BCUT2D eigenvalue weighted by molar-refractivity contribution is 7.09. The van der Waals surface area contributed by atoms with E-state index in [4.69, 9.17) is 0 Å². The third-order valence-corrected chi connectivity index (χ3v) is 5.39. The lowest BCUT2D eigenvalue weighted by molar-refractivity contribution is 0.199. The molecule has 2 aromatic heterocycles. The molecule has 24 heavy (non-hydrogen) atoms. The summed E-state index contributed by atoms with van der Waals surface area (Å²) in [6, 6.07) is 10.1. The van der Waals surface area contributed by atoms with Gasteiger partial charge in [-0.25, -0.2) is 15.0 Å². The second kappa shape index (κ2) is 7.20. The Labute approximate surface area is 146 Å². The molecule has 3 aromatic rings. The molecule has 0 saturated carbocycles. The fourth-order valence-electron chi connectivity index (χ4n) is 3.27. The molecule has 3 heterocycles. The largest absolute Gasteiger partial charge is 0.298 e. The Balaban J connectivity index is 1.42. The van der Waals surface area contributed by atoms with E-state index in [9.17, 15) is 0 Å². The zero-order valence-corrected chi connectivity index (χ0v) is 14.3. The number of piperidine rings is 1. The molecule has 1 atom stereocenters. The maximum absolute atomic E-state index is 4.54. The van der Waals surface area contributed by atoms with Crippen molar-refractivity contribution in [2.75, 3.05) is 13.1 Å². The predicted octanol–water partition coefficient (Wildman–Crippen LogP) is 3.98. The van der Waals surface area contributed by atoms with Crippen LogP contribution in [0.15, 0.2) is 54.3 Å². The van der Waals surface area contributed by atoms with E-state index in [1.165, 1.54) is 23.4 Å². The van der Waals surface area contributed by atoms with Crippen molar-refractivity contribution in [3.05, 3.63) is 64.9 Å². The van der Waals surface area contributed by atoms with Gasteiger partial charge in [0.1, 0.15) is 0 Å². The quantitative estimate of drug-likeness (QED) is 0.723. The molecule has 1 aromatic carbocycles. The third kappa shape index (κ3) is 3.52. The first-order chi connectivity index (χ1) is 11.9. The molecule has 1 aliphatic rings. The van der Waals surface area contributed by atoms with Crippen LogP contribution in [0.25, 0.3) is 11.4 Å².